The number of nitrogens with two attached hydrogens (primary N) is 1. The third-order valence-electron chi connectivity index (χ3n) is 3.50. The molecule has 4 N–H and O–H groups in total. The predicted octanol–water partition coefficient (Wildman–Crippen LogP) is 1.83. The molecule has 4 nitrogen and oxygen atoms in total. The van der Waals surface area contributed by atoms with E-state index in [9.17, 15) is 5.11 Å². The van der Waals surface area contributed by atoms with Gasteiger partial charge >= 0.3 is 0 Å². The van der Waals surface area contributed by atoms with Crippen LogP contribution in [0.15, 0.2) is 18.2 Å². The highest BCUT2D eigenvalue weighted by atomic mass is 35.5. The molecule has 1 aliphatic rings. The Labute approximate surface area is 112 Å². The maximum Gasteiger partial charge on any atom is 0.124 e. The number of anilines is 1. The van der Waals surface area contributed by atoms with Crippen LogP contribution in [0.1, 0.15) is 18.9 Å². The molecule has 0 aromatic heterocycles. The third kappa shape index (κ3) is 2.60. The van der Waals surface area contributed by atoms with Crippen LogP contribution in [0.3, 0.4) is 0 Å². The second kappa shape index (κ2) is 5.16. The number of nitrogens with zero attached hydrogens (tertiary/aromatic N) is 1. The molecule has 2 rings (SSSR count). The monoisotopic (exact) mass is 267 g/mol. The highest BCUT2D eigenvalue weighted by Gasteiger charge is 2.27. The molecule has 1 fully saturated rings. The average Bonchev–Trinajstić information content (AvgIpc) is 2.78. The summed E-state index contributed by atoms with van der Waals surface area (Å²) in [6.07, 6.45) is 0.653. The zero-order valence-electron chi connectivity index (χ0n) is 10.4. The van der Waals surface area contributed by atoms with Crippen molar-refractivity contribution in [3.63, 3.8) is 0 Å². The lowest BCUT2D eigenvalue weighted by Gasteiger charge is -2.22. The molecule has 2 atom stereocenters. The molecule has 0 aliphatic carbocycles. The fourth-order valence-electron chi connectivity index (χ4n) is 2.40. The number of benzene rings is 1. The van der Waals surface area contributed by atoms with E-state index in [2.05, 4.69) is 4.90 Å². The van der Waals surface area contributed by atoms with Gasteiger partial charge in [-0.05, 0) is 31.5 Å². The maximum atomic E-state index is 9.62. The van der Waals surface area contributed by atoms with Crippen molar-refractivity contribution in [3.8, 4) is 0 Å². The van der Waals surface area contributed by atoms with E-state index in [0.717, 1.165) is 25.2 Å². The number of hydrogen-bond acceptors (Lipinski definition) is 3. The molecule has 2 unspecified atom stereocenters. The molecule has 98 valence electrons. The van der Waals surface area contributed by atoms with Crippen LogP contribution in [0.2, 0.25) is 5.02 Å². The minimum Gasteiger partial charge on any atom is -0.393 e. The lowest BCUT2D eigenvalue weighted by atomic mass is 10.0. The lowest BCUT2D eigenvalue weighted by Crippen LogP contribution is -2.26. The van der Waals surface area contributed by atoms with Crippen molar-refractivity contribution in [3.05, 3.63) is 28.8 Å². The molecule has 0 bridgehead atoms. The van der Waals surface area contributed by atoms with Gasteiger partial charge in [-0.2, -0.15) is 0 Å². The van der Waals surface area contributed by atoms with Crippen molar-refractivity contribution in [1.82, 2.24) is 0 Å². The molecule has 0 radical (unpaired) electrons. The van der Waals surface area contributed by atoms with Crippen molar-refractivity contribution in [2.75, 3.05) is 18.0 Å². The van der Waals surface area contributed by atoms with Gasteiger partial charge in [-0.25, -0.2) is 0 Å². The summed E-state index contributed by atoms with van der Waals surface area (Å²) in [6, 6.07) is 5.41. The minimum atomic E-state index is -0.303. The van der Waals surface area contributed by atoms with E-state index in [-0.39, 0.29) is 17.9 Å². The first-order valence-corrected chi connectivity index (χ1v) is 6.44. The molecule has 18 heavy (non-hydrogen) atoms. The molecular formula is C13H18ClN3O. The van der Waals surface area contributed by atoms with E-state index in [1.54, 1.807) is 12.1 Å². The van der Waals surface area contributed by atoms with Crippen LogP contribution in [0.5, 0.6) is 0 Å². The smallest absolute Gasteiger partial charge is 0.124 e. The second-order valence-corrected chi connectivity index (χ2v) is 5.25. The van der Waals surface area contributed by atoms with E-state index < -0.39 is 0 Å². The van der Waals surface area contributed by atoms with Gasteiger partial charge in [-0.1, -0.05) is 11.6 Å². The summed E-state index contributed by atoms with van der Waals surface area (Å²) >= 11 is 5.94. The Morgan fingerprint density at radius 3 is 2.89 bits per heavy atom. The van der Waals surface area contributed by atoms with Crippen molar-refractivity contribution < 1.29 is 5.11 Å². The van der Waals surface area contributed by atoms with Gasteiger partial charge < -0.3 is 15.7 Å². The summed E-state index contributed by atoms with van der Waals surface area (Å²) in [6.45, 7) is 3.49. The lowest BCUT2D eigenvalue weighted by molar-refractivity contribution is 0.136. The molecule has 1 aliphatic heterocycles. The molecular weight excluding hydrogens is 250 g/mol. The molecule has 1 saturated heterocycles. The van der Waals surface area contributed by atoms with Gasteiger partial charge in [0, 0.05) is 35.3 Å². The van der Waals surface area contributed by atoms with Crippen LogP contribution in [0.25, 0.3) is 0 Å². The summed E-state index contributed by atoms with van der Waals surface area (Å²) in [7, 11) is 0. The third-order valence-corrected chi connectivity index (χ3v) is 3.73. The molecule has 1 heterocycles. The van der Waals surface area contributed by atoms with Crippen molar-refractivity contribution in [2.45, 2.75) is 19.4 Å². The number of aliphatic hydroxyl groups excluding tert-OH is 1. The van der Waals surface area contributed by atoms with Gasteiger partial charge in [0.25, 0.3) is 0 Å². The maximum absolute atomic E-state index is 9.62. The highest BCUT2D eigenvalue weighted by molar-refractivity contribution is 6.31. The van der Waals surface area contributed by atoms with E-state index in [4.69, 9.17) is 22.7 Å². The highest BCUT2D eigenvalue weighted by Crippen LogP contribution is 2.30. The van der Waals surface area contributed by atoms with E-state index >= 15 is 0 Å². The Morgan fingerprint density at radius 1 is 1.61 bits per heavy atom. The summed E-state index contributed by atoms with van der Waals surface area (Å²) in [5.41, 5.74) is 7.18. The van der Waals surface area contributed by atoms with Gasteiger partial charge in [0.1, 0.15) is 5.84 Å². The van der Waals surface area contributed by atoms with E-state index in [1.807, 2.05) is 13.0 Å². The zero-order chi connectivity index (χ0) is 13.3. The summed E-state index contributed by atoms with van der Waals surface area (Å²) in [5.74, 6) is 0.300. The first-order chi connectivity index (χ1) is 8.49. The van der Waals surface area contributed by atoms with Crippen molar-refractivity contribution in [1.29, 1.82) is 5.41 Å². The van der Waals surface area contributed by atoms with Gasteiger partial charge in [-0.3, -0.25) is 5.41 Å². The van der Waals surface area contributed by atoms with E-state index in [0.29, 0.717) is 10.6 Å². The predicted molar refractivity (Wildman–Crippen MR) is 74.5 cm³/mol. The Balaban J connectivity index is 2.27. The van der Waals surface area contributed by atoms with Crippen LogP contribution in [-0.4, -0.2) is 30.1 Å². The zero-order valence-corrected chi connectivity index (χ0v) is 11.1. The Kier molecular flexibility index (Phi) is 3.78. The number of halogens is 1. The first-order valence-electron chi connectivity index (χ1n) is 6.06. The number of rotatable bonds is 3. The summed E-state index contributed by atoms with van der Waals surface area (Å²) in [4.78, 5) is 2.16. The van der Waals surface area contributed by atoms with Crippen LogP contribution in [0.4, 0.5) is 5.69 Å². The van der Waals surface area contributed by atoms with Gasteiger partial charge in [-0.15, -0.1) is 0 Å². The van der Waals surface area contributed by atoms with Crippen LogP contribution < -0.4 is 10.6 Å². The number of amidine groups is 1. The van der Waals surface area contributed by atoms with E-state index in [1.165, 1.54) is 0 Å². The molecule has 0 saturated carbocycles. The fourth-order valence-corrected chi connectivity index (χ4v) is 2.57. The summed E-state index contributed by atoms with van der Waals surface area (Å²) in [5, 5.41) is 17.8. The van der Waals surface area contributed by atoms with Crippen LogP contribution in [0, 0.1) is 11.3 Å². The Morgan fingerprint density at radius 2 is 2.33 bits per heavy atom. The Bertz CT molecular complexity index is 462. The minimum absolute atomic E-state index is 0.0213. The summed E-state index contributed by atoms with van der Waals surface area (Å²) < 4.78 is 0. The number of nitrogens with one attached hydrogen (secondary N) is 1. The molecule has 1 aromatic carbocycles. The second-order valence-electron chi connectivity index (χ2n) is 4.81. The largest absolute Gasteiger partial charge is 0.393 e. The molecule has 0 amide bonds. The van der Waals surface area contributed by atoms with Crippen LogP contribution in [-0.2, 0) is 0 Å². The van der Waals surface area contributed by atoms with Crippen LogP contribution >= 0.6 is 11.6 Å². The fraction of sp³-hybridized carbons (Fsp3) is 0.462. The normalized spacial score (nSPS) is 21.1. The first kappa shape index (κ1) is 13.2. The number of hydrogen-bond donors (Lipinski definition) is 3. The average molecular weight is 268 g/mol. The number of nitrogen functional groups attached to an aromatic ring is 1. The SMILES string of the molecule is CC(O)C1CCN(c2ccc(Cl)cc2C(=N)N)C1. The standard InChI is InChI=1S/C13H18ClN3O/c1-8(18)9-4-5-17(7-9)12-3-2-10(14)6-11(12)13(15)16/h2-3,6,8-9,18H,4-5,7H2,1H3,(H3,15,16). The molecule has 5 heteroatoms. The number of aliphatic hydroxyl groups is 1. The van der Waals surface area contributed by atoms with Crippen molar-refractivity contribution in [2.24, 2.45) is 11.7 Å². The molecule has 1 aromatic rings. The quantitative estimate of drug-likeness (QED) is 0.578. The van der Waals surface area contributed by atoms with Gasteiger partial charge in [0.2, 0.25) is 0 Å². The Hall–Kier alpha value is -1.26. The van der Waals surface area contributed by atoms with Crippen molar-refractivity contribution >= 4 is 23.1 Å². The van der Waals surface area contributed by atoms with Gasteiger partial charge in [0.05, 0.1) is 6.10 Å². The molecule has 0 spiro atoms. The topological polar surface area (TPSA) is 73.3 Å². The van der Waals surface area contributed by atoms with Gasteiger partial charge in [0.15, 0.2) is 0 Å².